The van der Waals surface area contributed by atoms with Crippen molar-refractivity contribution in [2.75, 3.05) is 26.8 Å². The summed E-state index contributed by atoms with van der Waals surface area (Å²) in [6, 6.07) is 3.94. The molecule has 0 radical (unpaired) electrons. The van der Waals surface area contributed by atoms with Gasteiger partial charge in [0.2, 0.25) is 11.8 Å². The zero-order valence-corrected chi connectivity index (χ0v) is 15.6. The molecule has 2 aliphatic rings. The highest BCUT2D eigenvalue weighted by atomic mass is 16.5. The summed E-state index contributed by atoms with van der Waals surface area (Å²) in [5, 5.41) is 3.15. The van der Waals surface area contributed by atoms with Crippen molar-refractivity contribution in [3.8, 4) is 0 Å². The fourth-order valence-electron chi connectivity index (χ4n) is 4.51. The molecule has 26 heavy (non-hydrogen) atoms. The summed E-state index contributed by atoms with van der Waals surface area (Å²) in [5.41, 5.74) is 0.681. The van der Waals surface area contributed by atoms with Crippen molar-refractivity contribution < 1.29 is 14.3 Å². The lowest BCUT2D eigenvalue weighted by molar-refractivity contribution is -0.156. The van der Waals surface area contributed by atoms with Crippen LogP contribution in [0.3, 0.4) is 0 Å². The molecule has 0 aromatic carbocycles. The van der Waals surface area contributed by atoms with Crippen LogP contribution in [0.25, 0.3) is 0 Å². The van der Waals surface area contributed by atoms with Crippen molar-refractivity contribution >= 4 is 11.8 Å². The summed E-state index contributed by atoms with van der Waals surface area (Å²) in [6.07, 6.45) is 9.38. The zero-order valence-electron chi connectivity index (χ0n) is 15.6. The molecule has 2 fully saturated rings. The molecule has 1 saturated heterocycles. The van der Waals surface area contributed by atoms with Gasteiger partial charge in [0.25, 0.3) is 0 Å². The Kier molecular flexibility index (Phi) is 6.25. The predicted molar refractivity (Wildman–Crippen MR) is 98.5 cm³/mol. The van der Waals surface area contributed by atoms with Gasteiger partial charge in [0.15, 0.2) is 0 Å². The number of hydrogen-bond donors (Lipinski definition) is 1. The number of nitrogens with one attached hydrogen (secondary N) is 1. The molecule has 6 nitrogen and oxygen atoms in total. The minimum Gasteiger partial charge on any atom is -0.383 e. The highest BCUT2D eigenvalue weighted by Crippen LogP contribution is 2.46. The maximum absolute atomic E-state index is 13.2. The molecule has 1 aliphatic heterocycles. The molecule has 1 N–H and O–H groups in total. The molecule has 3 rings (SSSR count). The number of likely N-dealkylation sites (tertiary alicyclic amines) is 1. The molecule has 0 bridgehead atoms. The standard InChI is InChI=1S/C20H29N3O3/c1-26-14-13-23-17-6-2-3-9-20(17,10-7-18(23)24)19(25)22-12-8-16-5-4-11-21-15-16/h4-5,11,15,17H,2-3,6-10,12-14H2,1H3,(H,22,25)/t17-,20-/m1/s1. The summed E-state index contributed by atoms with van der Waals surface area (Å²) >= 11 is 0. The second-order valence-corrected chi connectivity index (χ2v) is 7.36. The van der Waals surface area contributed by atoms with Crippen molar-refractivity contribution in [1.82, 2.24) is 15.2 Å². The van der Waals surface area contributed by atoms with Crippen molar-refractivity contribution in [2.45, 2.75) is 51.0 Å². The van der Waals surface area contributed by atoms with Crippen molar-refractivity contribution in [3.63, 3.8) is 0 Å². The molecule has 2 atom stereocenters. The molecule has 1 saturated carbocycles. The fraction of sp³-hybridized carbons (Fsp3) is 0.650. The second-order valence-electron chi connectivity index (χ2n) is 7.36. The molecule has 2 amide bonds. The molecule has 0 spiro atoms. The Morgan fingerprint density at radius 3 is 3.08 bits per heavy atom. The normalized spacial score (nSPS) is 25.7. The topological polar surface area (TPSA) is 71.5 Å². The van der Waals surface area contributed by atoms with E-state index in [-0.39, 0.29) is 17.9 Å². The van der Waals surface area contributed by atoms with E-state index < -0.39 is 5.41 Å². The molecule has 1 aromatic rings. The van der Waals surface area contributed by atoms with Crippen LogP contribution in [0.5, 0.6) is 0 Å². The molecule has 1 aliphatic carbocycles. The summed E-state index contributed by atoms with van der Waals surface area (Å²) in [6.45, 7) is 1.69. The second kappa shape index (κ2) is 8.62. The van der Waals surface area contributed by atoms with Gasteiger partial charge in [-0.25, -0.2) is 0 Å². The number of fused-ring (bicyclic) bond motifs is 1. The number of methoxy groups -OCH3 is 1. The molecule has 2 heterocycles. The minimum absolute atomic E-state index is 0.00559. The van der Waals surface area contributed by atoms with E-state index in [1.54, 1.807) is 13.3 Å². The molecule has 6 heteroatoms. The third-order valence-electron chi connectivity index (χ3n) is 5.88. The maximum atomic E-state index is 13.2. The van der Waals surface area contributed by atoms with Crippen LogP contribution in [-0.4, -0.2) is 54.5 Å². The Balaban J connectivity index is 1.67. The van der Waals surface area contributed by atoms with Gasteiger partial charge in [0.1, 0.15) is 0 Å². The first-order chi connectivity index (χ1) is 12.7. The Morgan fingerprint density at radius 2 is 2.31 bits per heavy atom. The molecular weight excluding hydrogens is 330 g/mol. The van der Waals surface area contributed by atoms with Gasteiger partial charge in [-0.05, 0) is 37.3 Å². The smallest absolute Gasteiger partial charge is 0.228 e. The lowest BCUT2D eigenvalue weighted by atomic mass is 9.64. The number of pyridine rings is 1. The first-order valence-corrected chi connectivity index (χ1v) is 9.63. The van der Waals surface area contributed by atoms with Crippen LogP contribution in [0.4, 0.5) is 0 Å². The van der Waals surface area contributed by atoms with Crippen LogP contribution >= 0.6 is 0 Å². The average Bonchev–Trinajstić information content (AvgIpc) is 2.68. The van der Waals surface area contributed by atoms with Gasteiger partial charge in [0.05, 0.1) is 12.0 Å². The van der Waals surface area contributed by atoms with Crippen LogP contribution in [0.1, 0.15) is 44.1 Å². The number of amides is 2. The Labute approximate surface area is 155 Å². The van der Waals surface area contributed by atoms with Crippen LogP contribution in [0.2, 0.25) is 0 Å². The molecule has 0 unspecified atom stereocenters. The van der Waals surface area contributed by atoms with Crippen LogP contribution in [0.15, 0.2) is 24.5 Å². The number of carbonyl (C=O) groups is 2. The van der Waals surface area contributed by atoms with E-state index in [0.29, 0.717) is 32.5 Å². The number of carbonyl (C=O) groups excluding carboxylic acids is 2. The third-order valence-corrected chi connectivity index (χ3v) is 5.88. The highest BCUT2D eigenvalue weighted by Gasteiger charge is 2.52. The fourth-order valence-corrected chi connectivity index (χ4v) is 4.51. The summed E-state index contributed by atoms with van der Waals surface area (Å²) in [4.78, 5) is 31.6. The average molecular weight is 359 g/mol. The Hall–Kier alpha value is -1.95. The van der Waals surface area contributed by atoms with E-state index in [1.807, 2.05) is 23.2 Å². The van der Waals surface area contributed by atoms with E-state index in [9.17, 15) is 9.59 Å². The molecule has 142 valence electrons. The lowest BCUT2D eigenvalue weighted by Gasteiger charge is -2.51. The van der Waals surface area contributed by atoms with Crippen molar-refractivity contribution in [3.05, 3.63) is 30.1 Å². The Bertz CT molecular complexity index is 622. The van der Waals surface area contributed by atoms with E-state index in [0.717, 1.165) is 37.7 Å². The zero-order chi connectivity index (χ0) is 18.4. The number of rotatable bonds is 7. The van der Waals surface area contributed by atoms with Gasteiger partial charge < -0.3 is 15.0 Å². The minimum atomic E-state index is -0.436. The summed E-state index contributed by atoms with van der Waals surface area (Å²) in [7, 11) is 1.65. The largest absolute Gasteiger partial charge is 0.383 e. The SMILES string of the molecule is COCCN1C(=O)CC[C@]2(C(=O)NCCc3cccnc3)CCCC[C@@H]12. The maximum Gasteiger partial charge on any atom is 0.228 e. The van der Waals surface area contributed by atoms with E-state index in [2.05, 4.69) is 10.3 Å². The van der Waals surface area contributed by atoms with Gasteiger partial charge in [0, 0.05) is 45.1 Å². The predicted octanol–water partition coefficient (Wildman–Crippen LogP) is 1.94. The van der Waals surface area contributed by atoms with Crippen LogP contribution in [0, 0.1) is 5.41 Å². The van der Waals surface area contributed by atoms with Gasteiger partial charge in [-0.15, -0.1) is 0 Å². The number of ether oxygens (including phenoxy) is 1. The van der Waals surface area contributed by atoms with Gasteiger partial charge in [-0.3, -0.25) is 14.6 Å². The lowest BCUT2D eigenvalue weighted by Crippen LogP contribution is -2.62. The van der Waals surface area contributed by atoms with E-state index in [1.165, 1.54) is 0 Å². The monoisotopic (exact) mass is 359 g/mol. The summed E-state index contributed by atoms with van der Waals surface area (Å²) in [5.74, 6) is 0.272. The number of aromatic nitrogens is 1. The van der Waals surface area contributed by atoms with E-state index in [4.69, 9.17) is 4.74 Å². The molecule has 1 aromatic heterocycles. The highest BCUT2D eigenvalue weighted by molar-refractivity contribution is 5.88. The van der Waals surface area contributed by atoms with Gasteiger partial charge in [-0.1, -0.05) is 18.9 Å². The number of hydrogen-bond acceptors (Lipinski definition) is 4. The number of piperidine rings is 1. The molecular formula is C20H29N3O3. The summed E-state index contributed by atoms with van der Waals surface area (Å²) < 4.78 is 5.18. The van der Waals surface area contributed by atoms with Gasteiger partial charge in [-0.2, -0.15) is 0 Å². The van der Waals surface area contributed by atoms with E-state index >= 15 is 0 Å². The van der Waals surface area contributed by atoms with Crippen LogP contribution in [-0.2, 0) is 20.7 Å². The Morgan fingerprint density at radius 1 is 1.42 bits per heavy atom. The van der Waals surface area contributed by atoms with Crippen molar-refractivity contribution in [2.24, 2.45) is 5.41 Å². The first-order valence-electron chi connectivity index (χ1n) is 9.63. The van der Waals surface area contributed by atoms with Crippen LogP contribution < -0.4 is 5.32 Å². The quantitative estimate of drug-likeness (QED) is 0.808. The van der Waals surface area contributed by atoms with Gasteiger partial charge >= 0.3 is 0 Å². The van der Waals surface area contributed by atoms with Crippen molar-refractivity contribution in [1.29, 1.82) is 0 Å². The first kappa shape index (κ1) is 18.8. The number of nitrogens with zero attached hydrogens (tertiary/aromatic N) is 2. The third kappa shape index (κ3) is 3.90.